The number of hydrogen-bond donors (Lipinski definition) is 0. The smallest absolute Gasteiger partial charge is 0.0854 e. The van der Waals surface area contributed by atoms with Crippen LogP contribution in [0.1, 0.15) is 5.56 Å². The Bertz CT molecular complexity index is 327. The summed E-state index contributed by atoms with van der Waals surface area (Å²) in [6, 6.07) is 10.3. The van der Waals surface area contributed by atoms with E-state index in [4.69, 9.17) is 0 Å². The lowest BCUT2D eigenvalue weighted by Crippen LogP contribution is -2.19. The van der Waals surface area contributed by atoms with Gasteiger partial charge in [0.25, 0.3) is 0 Å². The number of rotatable bonds is 3. The fraction of sp³-hybridized carbons (Fsp3) is 0.250. The molecule has 2 heteroatoms. The van der Waals surface area contributed by atoms with Gasteiger partial charge >= 0.3 is 0 Å². The lowest BCUT2D eigenvalue weighted by atomic mass is 10.2. The van der Waals surface area contributed by atoms with Crippen LogP contribution in [0.4, 0.5) is 0 Å². The van der Waals surface area contributed by atoms with E-state index in [0.29, 0.717) is 0 Å². The molecule has 0 fully saturated rings. The summed E-state index contributed by atoms with van der Waals surface area (Å²) in [5.41, 5.74) is 1.25. The first kappa shape index (κ1) is 9.00. The Labute approximate surface area is 84.6 Å². The van der Waals surface area contributed by atoms with Crippen molar-refractivity contribution in [2.24, 2.45) is 4.99 Å². The highest BCUT2D eigenvalue weighted by Crippen LogP contribution is 2.01. The summed E-state index contributed by atoms with van der Waals surface area (Å²) >= 11 is 0. The van der Waals surface area contributed by atoms with Crippen LogP contribution in [0.5, 0.6) is 0 Å². The van der Waals surface area contributed by atoms with Gasteiger partial charge in [-0.25, -0.2) is 0 Å². The summed E-state index contributed by atoms with van der Waals surface area (Å²) < 4.78 is 0. The van der Waals surface area contributed by atoms with Crippen LogP contribution in [0, 0.1) is 0 Å². The summed E-state index contributed by atoms with van der Waals surface area (Å²) in [6.45, 7) is 2.96. The lowest BCUT2D eigenvalue weighted by molar-refractivity contribution is 0.519. The van der Waals surface area contributed by atoms with Gasteiger partial charge in [0.2, 0.25) is 0 Å². The van der Waals surface area contributed by atoms with Crippen LogP contribution in [0.15, 0.2) is 41.4 Å². The average molecular weight is 186 g/mol. The first-order valence-corrected chi connectivity index (χ1v) is 4.91. The van der Waals surface area contributed by atoms with Crippen molar-refractivity contribution in [1.82, 2.24) is 4.90 Å². The average Bonchev–Trinajstić information content (AvgIpc) is 2.72. The van der Waals surface area contributed by atoms with Gasteiger partial charge in [0.1, 0.15) is 0 Å². The zero-order valence-electron chi connectivity index (χ0n) is 8.13. The second-order valence-corrected chi connectivity index (χ2v) is 3.33. The van der Waals surface area contributed by atoms with Gasteiger partial charge in [-0.1, -0.05) is 42.5 Å². The van der Waals surface area contributed by atoms with Crippen LogP contribution in [0.25, 0.3) is 6.08 Å². The second-order valence-electron chi connectivity index (χ2n) is 3.33. The first-order chi connectivity index (χ1) is 6.95. The van der Waals surface area contributed by atoms with Crippen molar-refractivity contribution in [1.29, 1.82) is 0 Å². The summed E-state index contributed by atoms with van der Waals surface area (Å²) in [5, 5.41) is 0. The Hall–Kier alpha value is -1.57. The van der Waals surface area contributed by atoms with E-state index >= 15 is 0 Å². The van der Waals surface area contributed by atoms with Gasteiger partial charge < -0.3 is 4.90 Å². The number of benzene rings is 1. The minimum atomic E-state index is 0.944. The molecule has 1 aliphatic heterocycles. The monoisotopic (exact) mass is 186 g/mol. The predicted molar refractivity (Wildman–Crippen MR) is 60.4 cm³/mol. The van der Waals surface area contributed by atoms with Crippen molar-refractivity contribution >= 4 is 12.4 Å². The van der Waals surface area contributed by atoms with Gasteiger partial charge in [-0.2, -0.15) is 0 Å². The molecule has 0 aromatic heterocycles. The molecule has 0 atom stereocenters. The molecular weight excluding hydrogens is 172 g/mol. The topological polar surface area (TPSA) is 15.6 Å². The Kier molecular flexibility index (Phi) is 2.96. The van der Waals surface area contributed by atoms with Gasteiger partial charge in [0, 0.05) is 13.1 Å². The predicted octanol–water partition coefficient (Wildman–Crippen LogP) is 2.04. The first-order valence-electron chi connectivity index (χ1n) is 4.91. The fourth-order valence-corrected chi connectivity index (χ4v) is 1.44. The molecular formula is C12H14N2. The maximum absolute atomic E-state index is 4.16. The van der Waals surface area contributed by atoms with Gasteiger partial charge in [0.15, 0.2) is 0 Å². The maximum atomic E-state index is 4.16. The lowest BCUT2D eigenvalue weighted by Gasteiger charge is -2.09. The Morgan fingerprint density at radius 3 is 2.86 bits per heavy atom. The molecule has 1 aromatic carbocycles. The minimum absolute atomic E-state index is 0.944. The largest absolute Gasteiger partial charge is 0.357 e. The van der Waals surface area contributed by atoms with Crippen LogP contribution in [-0.2, 0) is 0 Å². The Balaban J connectivity index is 1.85. The molecule has 0 unspecified atom stereocenters. The van der Waals surface area contributed by atoms with E-state index in [0.717, 1.165) is 19.6 Å². The van der Waals surface area contributed by atoms with Crippen molar-refractivity contribution in [3.8, 4) is 0 Å². The van der Waals surface area contributed by atoms with Crippen LogP contribution < -0.4 is 0 Å². The van der Waals surface area contributed by atoms with Crippen molar-refractivity contribution in [3.63, 3.8) is 0 Å². The molecule has 0 saturated carbocycles. The Morgan fingerprint density at radius 1 is 1.29 bits per heavy atom. The molecule has 0 aliphatic carbocycles. The third kappa shape index (κ3) is 2.46. The molecule has 0 amide bonds. The van der Waals surface area contributed by atoms with E-state index < -0.39 is 0 Å². The summed E-state index contributed by atoms with van der Waals surface area (Å²) in [7, 11) is 0. The molecule has 0 saturated heterocycles. The summed E-state index contributed by atoms with van der Waals surface area (Å²) in [4.78, 5) is 6.37. The van der Waals surface area contributed by atoms with E-state index in [1.807, 2.05) is 12.4 Å². The Morgan fingerprint density at radius 2 is 2.14 bits per heavy atom. The van der Waals surface area contributed by atoms with Crippen molar-refractivity contribution in [3.05, 3.63) is 42.0 Å². The normalized spacial score (nSPS) is 15.6. The zero-order valence-corrected chi connectivity index (χ0v) is 8.13. The van der Waals surface area contributed by atoms with Gasteiger partial charge in [-0.3, -0.25) is 4.99 Å². The fourth-order valence-electron chi connectivity index (χ4n) is 1.44. The number of hydrogen-bond acceptors (Lipinski definition) is 2. The highest BCUT2D eigenvalue weighted by molar-refractivity contribution is 5.58. The van der Waals surface area contributed by atoms with Crippen molar-refractivity contribution in [2.45, 2.75) is 0 Å². The van der Waals surface area contributed by atoms with E-state index in [9.17, 15) is 0 Å². The molecule has 0 spiro atoms. The molecule has 0 radical (unpaired) electrons. The second kappa shape index (κ2) is 4.61. The number of nitrogens with zero attached hydrogens (tertiary/aromatic N) is 2. The molecule has 1 aromatic rings. The minimum Gasteiger partial charge on any atom is -0.357 e. The standard InChI is InChI=1S/C12H14N2/c1-2-5-12(6-3-1)7-4-9-14-10-8-13-11-14/h1-7,11H,8-10H2/b7-4+. The molecule has 1 aliphatic rings. The van der Waals surface area contributed by atoms with Crippen LogP contribution >= 0.6 is 0 Å². The summed E-state index contributed by atoms with van der Waals surface area (Å²) in [5.74, 6) is 0. The molecule has 72 valence electrons. The quantitative estimate of drug-likeness (QED) is 0.705. The van der Waals surface area contributed by atoms with Gasteiger partial charge in [0.05, 0.1) is 12.9 Å². The van der Waals surface area contributed by atoms with Crippen LogP contribution in [0.2, 0.25) is 0 Å². The van der Waals surface area contributed by atoms with Gasteiger partial charge in [-0.05, 0) is 5.56 Å². The zero-order chi connectivity index (χ0) is 9.64. The third-order valence-electron chi connectivity index (χ3n) is 2.21. The van der Waals surface area contributed by atoms with Gasteiger partial charge in [-0.15, -0.1) is 0 Å². The molecule has 0 N–H and O–H groups in total. The van der Waals surface area contributed by atoms with E-state index in [1.54, 1.807) is 0 Å². The van der Waals surface area contributed by atoms with Crippen molar-refractivity contribution in [2.75, 3.05) is 19.6 Å². The highest BCUT2D eigenvalue weighted by Gasteiger charge is 2.00. The van der Waals surface area contributed by atoms with E-state index in [1.165, 1.54) is 5.56 Å². The molecule has 0 bridgehead atoms. The molecule has 14 heavy (non-hydrogen) atoms. The number of aliphatic imine (C=N–C) groups is 1. The van der Waals surface area contributed by atoms with Crippen molar-refractivity contribution < 1.29 is 0 Å². The van der Waals surface area contributed by atoms with E-state index in [2.05, 4.69) is 46.3 Å². The molecule has 1 heterocycles. The highest BCUT2D eigenvalue weighted by atomic mass is 15.2. The molecule has 2 rings (SSSR count). The maximum Gasteiger partial charge on any atom is 0.0854 e. The SMILES string of the molecule is C1=NCCN1C/C=C/c1ccccc1. The summed E-state index contributed by atoms with van der Waals surface area (Å²) in [6.07, 6.45) is 6.24. The van der Waals surface area contributed by atoms with Crippen LogP contribution in [-0.4, -0.2) is 30.9 Å². The van der Waals surface area contributed by atoms with E-state index in [-0.39, 0.29) is 0 Å². The molecule has 2 nitrogen and oxygen atoms in total. The van der Waals surface area contributed by atoms with Crippen LogP contribution in [0.3, 0.4) is 0 Å². The third-order valence-corrected chi connectivity index (χ3v) is 2.21.